The molecule has 0 radical (unpaired) electrons. The fourth-order valence-corrected chi connectivity index (χ4v) is 6.07. The van der Waals surface area contributed by atoms with Crippen LogP contribution in [0.1, 0.15) is 80.1 Å². The maximum absolute atomic E-state index is 12.1. The first kappa shape index (κ1) is 43.3. The van der Waals surface area contributed by atoms with Gasteiger partial charge >= 0.3 is 105 Å². The molecule has 36 heavy (non-hydrogen) atoms. The van der Waals surface area contributed by atoms with Crippen LogP contribution in [0, 0.1) is 0 Å². The van der Waals surface area contributed by atoms with E-state index in [1.807, 2.05) is 0 Å². The fourth-order valence-electron chi connectivity index (χ4n) is 2.43. The summed E-state index contributed by atoms with van der Waals surface area (Å²) in [6.45, 7) is 19.2. The van der Waals surface area contributed by atoms with Gasteiger partial charge in [0.2, 0.25) is 0 Å². The zero-order valence-corrected chi connectivity index (χ0v) is 29.0. The number of halogens is 6. The molecule has 0 bridgehead atoms. The van der Waals surface area contributed by atoms with E-state index in [-0.39, 0.29) is 25.8 Å². The monoisotopic (exact) mass is 757 g/mol. The summed E-state index contributed by atoms with van der Waals surface area (Å²) < 4.78 is 72.3. The molecule has 1 rings (SSSR count). The average Bonchev–Trinajstić information content (AvgIpc) is 3.28. The molecule has 0 fully saturated rings. The van der Waals surface area contributed by atoms with Crippen molar-refractivity contribution >= 4 is 18.7 Å². The molecule has 11 heteroatoms. The summed E-state index contributed by atoms with van der Waals surface area (Å²) in [4.78, 5) is 0. The second-order valence-electron chi connectivity index (χ2n) is 7.75. The van der Waals surface area contributed by atoms with E-state index in [4.69, 9.17) is 0 Å². The van der Waals surface area contributed by atoms with Crippen LogP contribution in [-0.4, -0.2) is 63.6 Å². The second-order valence-corrected chi connectivity index (χ2v) is 13.7. The minimum Gasteiger partial charge on any atom is 4.00 e. The van der Waals surface area contributed by atoms with Gasteiger partial charge in [-0.25, -0.2) is 0 Å². The predicted octanol–water partition coefficient (Wildman–Crippen LogP) is 8.58. The Kier molecular flexibility index (Phi) is 35.8. The van der Waals surface area contributed by atoms with E-state index in [0.717, 1.165) is 51.4 Å². The summed E-state index contributed by atoms with van der Waals surface area (Å²) in [7, 11) is 0. The summed E-state index contributed by atoms with van der Waals surface area (Å²) in [5, 5.41) is 2.40. The van der Waals surface area contributed by atoms with Crippen LogP contribution in [-0.2, 0) is 25.8 Å². The number of alkyl halides is 6. The molecule has 0 N–H and O–H groups in total. The molecule has 1 aromatic rings. The Morgan fingerprint density at radius 3 is 0.917 bits per heavy atom. The number of hydrogen-bond donors (Lipinski definition) is 0. The first-order valence-electron chi connectivity index (χ1n) is 12.7. The van der Waals surface area contributed by atoms with Gasteiger partial charge in [-0.15, -0.1) is 39.3 Å². The Morgan fingerprint density at radius 1 is 0.528 bits per heavy atom. The van der Waals surface area contributed by atoms with Gasteiger partial charge in [-0.05, 0) is 0 Å². The summed E-state index contributed by atoms with van der Waals surface area (Å²) >= 11 is -5.46. The van der Waals surface area contributed by atoms with Crippen LogP contribution >= 0.6 is 0 Å². The molecule has 0 spiro atoms. The summed E-state index contributed by atoms with van der Waals surface area (Å²) in [5.41, 5.74) is 0. The molecule has 0 saturated heterocycles. The summed E-state index contributed by atoms with van der Waals surface area (Å²) in [6.07, 6.45) is 7.17. The first-order chi connectivity index (χ1) is 16.5. The van der Waals surface area contributed by atoms with Crippen molar-refractivity contribution in [3.8, 4) is 0 Å². The molecule has 0 aliphatic heterocycles. The molecule has 0 aliphatic rings. The summed E-state index contributed by atoms with van der Waals surface area (Å²) in [6, 6.07) is 4.16. The molecule has 0 amide bonds. The molecule has 1 aromatic carbocycles. The quantitative estimate of drug-likeness (QED) is 0.0839. The van der Waals surface area contributed by atoms with Crippen molar-refractivity contribution in [1.29, 1.82) is 0 Å². The van der Waals surface area contributed by atoms with Crippen molar-refractivity contribution < 1.29 is 52.2 Å². The van der Waals surface area contributed by atoms with Crippen LogP contribution in [0.4, 0.5) is 26.3 Å². The van der Waals surface area contributed by atoms with Gasteiger partial charge in [-0.1, -0.05) is 80.1 Å². The van der Waals surface area contributed by atoms with Crippen molar-refractivity contribution in [1.82, 2.24) is 0 Å². The van der Waals surface area contributed by atoms with Crippen LogP contribution < -0.4 is 4.40 Å². The minimum atomic E-state index is -5.46. The molecule has 0 heterocycles. The minimum absolute atomic E-state index is 0. The van der Waals surface area contributed by atoms with Crippen LogP contribution in [0.25, 0.3) is 16.0 Å². The Labute approximate surface area is 239 Å². The largest absolute Gasteiger partial charge is 4.00 e. The fraction of sp³-hybridized carbons (Fsp3) is 0.800. The molecule has 0 aliphatic carbocycles. The van der Waals surface area contributed by atoms with E-state index in [9.17, 15) is 26.3 Å². The number of nitrogens with zero attached hydrogens (tertiary/aromatic N) is 3. The van der Waals surface area contributed by atoms with E-state index in [1.165, 1.54) is 50.7 Å². The Bertz CT molecular complexity index is 465. The molecule has 3 nitrogen and oxygen atoms in total. The summed E-state index contributed by atoms with van der Waals surface area (Å²) in [5.74, 6) is 0. The third-order valence-electron chi connectivity index (χ3n) is 3.97. The predicted molar refractivity (Wildman–Crippen MR) is 142 cm³/mol. The van der Waals surface area contributed by atoms with Gasteiger partial charge in [0.05, 0.1) is 0 Å². The van der Waals surface area contributed by atoms with E-state index in [0.29, 0.717) is 0 Å². The zero-order chi connectivity index (χ0) is 27.6. The van der Waals surface area contributed by atoms with Gasteiger partial charge in [-0.2, -0.15) is 0 Å². The standard InChI is InChI=1S/C7H5F6Ge.3C6H14N.Hf/c8-6(9,10)14(7(11,12)13)5-3-1-2-4-5;3*1-3-5-7-6-4-2;/h1-4,14H;3*3-6H2,1-2H3;/q4*-1;+4. The van der Waals surface area contributed by atoms with Crippen molar-refractivity contribution in [3.05, 3.63) is 40.2 Å². The molecule has 0 saturated carbocycles. The maximum Gasteiger partial charge on any atom is 4.00 e. The van der Waals surface area contributed by atoms with Crippen LogP contribution in [0.2, 0.25) is 0 Å². The van der Waals surface area contributed by atoms with Gasteiger partial charge in [-0.3, -0.25) is 0 Å². The van der Waals surface area contributed by atoms with E-state index in [2.05, 4.69) is 57.5 Å². The average molecular weight is 755 g/mol. The van der Waals surface area contributed by atoms with Crippen molar-refractivity contribution in [2.24, 2.45) is 0 Å². The topological polar surface area (TPSA) is 42.3 Å². The Morgan fingerprint density at radius 2 is 0.750 bits per heavy atom. The van der Waals surface area contributed by atoms with Crippen molar-refractivity contribution in [2.45, 2.75) is 90.1 Å². The van der Waals surface area contributed by atoms with E-state index >= 15 is 0 Å². The molecular formula is C25H47F6GeHfN3. The zero-order valence-electron chi connectivity index (χ0n) is 23.0. The molecule has 212 valence electrons. The SMILES string of the molecule is CCC[N-]CCC.CCC[N-]CCC.CCC[N-]CCC.F[C](F)(F)[GeH]([c-]1cccc1)[C](F)(F)F.[Hf+4]. The third-order valence-corrected chi connectivity index (χ3v) is 8.92. The van der Waals surface area contributed by atoms with Crippen LogP contribution in [0.15, 0.2) is 24.3 Å². The maximum atomic E-state index is 12.1. The van der Waals surface area contributed by atoms with Gasteiger partial charge in [0.1, 0.15) is 0 Å². The molecule has 0 unspecified atom stereocenters. The van der Waals surface area contributed by atoms with Gasteiger partial charge in [0, 0.05) is 0 Å². The van der Waals surface area contributed by atoms with Gasteiger partial charge in [0.25, 0.3) is 0 Å². The Balaban J connectivity index is -0.000000201. The smallest absolute Gasteiger partial charge is 4.00 e. The number of hydrogen-bond acceptors (Lipinski definition) is 0. The van der Waals surface area contributed by atoms with Crippen molar-refractivity contribution in [3.63, 3.8) is 0 Å². The first-order valence-corrected chi connectivity index (χ1v) is 16.4. The second kappa shape index (κ2) is 29.8. The Hall–Kier alpha value is 0.223. The van der Waals surface area contributed by atoms with E-state index < -0.39 is 28.8 Å². The normalized spacial score (nSPS) is 10.8. The van der Waals surface area contributed by atoms with E-state index in [1.54, 1.807) is 0 Å². The van der Waals surface area contributed by atoms with Crippen molar-refractivity contribution in [2.75, 3.05) is 39.3 Å². The van der Waals surface area contributed by atoms with Gasteiger partial charge < -0.3 is 16.0 Å². The van der Waals surface area contributed by atoms with Crippen LogP contribution in [0.3, 0.4) is 0 Å². The molecule has 0 atom stereocenters. The van der Waals surface area contributed by atoms with Gasteiger partial charge in [0.15, 0.2) is 0 Å². The molecular weight excluding hydrogens is 707 g/mol. The third kappa shape index (κ3) is 30.4. The molecule has 0 aromatic heterocycles. The van der Waals surface area contributed by atoms with Crippen LogP contribution in [0.5, 0.6) is 0 Å². The number of rotatable bonds is 13.